The Morgan fingerprint density at radius 3 is 2.48 bits per heavy atom. The van der Waals surface area contributed by atoms with E-state index >= 15 is 4.11 Å². The Balaban J connectivity index is 1.20. The number of carbonyl (C=O) groups excluding carboxylic acids is 3. The summed E-state index contributed by atoms with van der Waals surface area (Å²) in [6.45, 7) is 6.29. The molecular weight excluding hydrogens is 601 g/mol. The van der Waals surface area contributed by atoms with Crippen LogP contribution < -0.4 is 9.80 Å². The van der Waals surface area contributed by atoms with Crippen LogP contribution in [0.5, 0.6) is 0 Å². The number of fused-ring (bicyclic) bond motifs is 3. The summed E-state index contributed by atoms with van der Waals surface area (Å²) in [6.07, 6.45) is 0.204. The quantitative estimate of drug-likeness (QED) is 0.221. The second-order valence-corrected chi connectivity index (χ2v) is 17.5. The Morgan fingerprint density at radius 2 is 1.78 bits per heavy atom. The molecule has 4 aliphatic heterocycles. The van der Waals surface area contributed by atoms with Crippen molar-refractivity contribution in [3.05, 3.63) is 95.1 Å². The summed E-state index contributed by atoms with van der Waals surface area (Å²) in [6, 6.07) is 22.7. The van der Waals surface area contributed by atoms with Gasteiger partial charge in [-0.2, -0.15) is 0 Å². The third-order valence-corrected chi connectivity index (χ3v) is 13.0. The van der Waals surface area contributed by atoms with Crippen molar-refractivity contribution in [1.29, 1.82) is 0 Å². The highest BCUT2D eigenvalue weighted by atomic mass is 28.4. The maximum atomic E-state index is 16.3. The molecule has 0 aliphatic carbocycles. The maximum Gasteiger partial charge on any atom is 0.264 e. The van der Waals surface area contributed by atoms with E-state index in [1.54, 1.807) is 27.8 Å². The predicted molar refractivity (Wildman–Crippen MR) is 175 cm³/mol. The average Bonchev–Trinajstić information content (AvgIpc) is 3.46. The van der Waals surface area contributed by atoms with E-state index in [0.29, 0.717) is 37.2 Å². The number of hydrogen-bond donors (Lipinski definition) is 1. The minimum atomic E-state index is -3.47. The topological polar surface area (TPSA) is 90.4 Å². The fourth-order valence-corrected chi connectivity index (χ4v) is 10.8. The predicted octanol–water partition coefficient (Wildman–Crippen LogP) is 5.08. The summed E-state index contributed by atoms with van der Waals surface area (Å²) in [5.41, 5.74) is 3.18. The van der Waals surface area contributed by atoms with Crippen LogP contribution in [-0.4, -0.2) is 61.4 Å². The van der Waals surface area contributed by atoms with Crippen molar-refractivity contribution in [3.63, 3.8) is 0 Å². The molecule has 3 amide bonds. The number of hydrogen-bond acceptors (Lipinski definition) is 5. The molecule has 4 aliphatic rings. The molecule has 3 aromatic rings. The second kappa shape index (κ2) is 11.4. The summed E-state index contributed by atoms with van der Waals surface area (Å²) in [5.74, 6) is -0.907. The van der Waals surface area contributed by atoms with Crippen LogP contribution in [0.15, 0.2) is 72.8 Å². The Morgan fingerprint density at radius 1 is 1.04 bits per heavy atom. The van der Waals surface area contributed by atoms with Gasteiger partial charge in [0.1, 0.15) is 0 Å². The molecule has 1 spiro atoms. The number of para-hydroxylation sites is 1. The fourth-order valence-electron chi connectivity index (χ4n) is 8.28. The number of ether oxygens (including phenoxy) is 1. The van der Waals surface area contributed by atoms with Crippen molar-refractivity contribution in [3.8, 4) is 0 Å². The molecule has 4 heterocycles. The molecule has 0 aromatic heterocycles. The van der Waals surface area contributed by atoms with E-state index in [0.717, 1.165) is 22.4 Å². The van der Waals surface area contributed by atoms with Crippen molar-refractivity contribution in [1.82, 2.24) is 4.90 Å². The summed E-state index contributed by atoms with van der Waals surface area (Å²) in [4.78, 5) is 45.9. The lowest BCUT2D eigenvalue weighted by molar-refractivity contribution is -0.151. The Labute approximate surface area is 269 Å². The summed E-state index contributed by atoms with van der Waals surface area (Å²) >= 11 is 0. The van der Waals surface area contributed by atoms with Crippen molar-refractivity contribution in [2.24, 2.45) is 5.92 Å². The van der Waals surface area contributed by atoms with Crippen LogP contribution in [0.3, 0.4) is 0 Å². The van der Waals surface area contributed by atoms with Gasteiger partial charge in [-0.3, -0.25) is 14.4 Å². The van der Waals surface area contributed by atoms with E-state index in [1.807, 2.05) is 79.7 Å². The number of rotatable bonds is 7. The van der Waals surface area contributed by atoms with Crippen LogP contribution in [-0.2, 0) is 44.2 Å². The highest BCUT2D eigenvalue weighted by Gasteiger charge is 2.67. The Hall–Kier alpha value is -3.86. The number of halogens is 1. The standard InChI is InChI=1S/C36H40FN3O5Si/c1-23-34(46(2,3)37)31(19-33(43)39-21-26-11-5-4-10-25(26)18-28(39)22-41)45-36(23)29-13-6-7-14-30(29)40(35(36)44)20-24-9-8-12-27(17-24)38-16-15-32(38)42/h4-14,17,23,28,31,34,41H,15-16,18-22H2,1-3H3/t23-,28+,31+,34-,36+/m1/s1. The molecule has 0 radical (unpaired) electrons. The number of β-lactam (4-membered cyclic amide) rings is 1. The SMILES string of the molecule is C[C@@H]1[C@@H]([Si](C)(C)F)[C@H](CC(=O)N2Cc3ccccc3C[C@H]2CO)O[C@@]12C(=O)N(Cc1cccc(N3CCC3=O)c1)c1ccccc12. The van der Waals surface area contributed by atoms with Crippen LogP contribution in [0, 0.1) is 5.92 Å². The van der Waals surface area contributed by atoms with Gasteiger partial charge in [-0.05, 0) is 54.4 Å². The highest BCUT2D eigenvalue weighted by molar-refractivity contribution is 6.72. The van der Waals surface area contributed by atoms with Crippen molar-refractivity contribution in [2.45, 2.75) is 75.7 Å². The molecule has 0 saturated carbocycles. The van der Waals surface area contributed by atoms with E-state index in [-0.39, 0.29) is 43.3 Å². The van der Waals surface area contributed by atoms with Crippen molar-refractivity contribution >= 4 is 37.5 Å². The van der Waals surface area contributed by atoms with Crippen LogP contribution in [0.25, 0.3) is 0 Å². The number of aliphatic hydroxyl groups is 1. The van der Waals surface area contributed by atoms with Gasteiger partial charge in [0.2, 0.25) is 20.2 Å². The first kappa shape index (κ1) is 30.8. The molecule has 5 atom stereocenters. The molecule has 0 bridgehead atoms. The molecule has 2 saturated heterocycles. The Kier molecular flexibility index (Phi) is 7.65. The van der Waals surface area contributed by atoms with E-state index in [4.69, 9.17) is 4.74 Å². The molecule has 7 rings (SSSR count). The molecule has 8 nitrogen and oxygen atoms in total. The summed E-state index contributed by atoms with van der Waals surface area (Å²) in [5, 5.41) is 10.2. The van der Waals surface area contributed by atoms with Gasteiger partial charge in [-0.25, -0.2) is 0 Å². The number of aliphatic hydroxyl groups excluding tert-OH is 1. The van der Waals surface area contributed by atoms with E-state index in [1.165, 1.54) is 0 Å². The smallest absolute Gasteiger partial charge is 0.264 e. The van der Waals surface area contributed by atoms with E-state index < -0.39 is 31.6 Å². The van der Waals surface area contributed by atoms with Gasteiger partial charge in [0, 0.05) is 42.2 Å². The first-order valence-electron chi connectivity index (χ1n) is 16.2. The minimum absolute atomic E-state index is 0.0723. The molecule has 46 heavy (non-hydrogen) atoms. The third kappa shape index (κ3) is 4.89. The molecule has 10 heteroatoms. The van der Waals surface area contributed by atoms with Crippen LogP contribution in [0.2, 0.25) is 18.6 Å². The number of benzene rings is 3. The number of anilines is 2. The van der Waals surface area contributed by atoms with E-state index in [9.17, 15) is 19.5 Å². The van der Waals surface area contributed by atoms with Gasteiger partial charge in [-0.15, -0.1) is 0 Å². The molecular formula is C36H40FN3O5Si. The van der Waals surface area contributed by atoms with Crippen LogP contribution in [0.4, 0.5) is 15.5 Å². The van der Waals surface area contributed by atoms with Gasteiger partial charge < -0.3 is 28.7 Å². The lowest BCUT2D eigenvalue weighted by Crippen LogP contribution is -2.48. The Bertz CT molecular complexity index is 1710. The normalized spacial score (nSPS) is 27.2. The fraction of sp³-hybridized carbons (Fsp3) is 0.417. The molecule has 3 aromatic carbocycles. The zero-order valence-corrected chi connectivity index (χ0v) is 27.5. The molecule has 2 fully saturated rings. The lowest BCUT2D eigenvalue weighted by Gasteiger charge is -2.37. The average molecular weight is 642 g/mol. The zero-order chi connectivity index (χ0) is 32.4. The first-order valence-corrected chi connectivity index (χ1v) is 19.1. The van der Waals surface area contributed by atoms with Gasteiger partial charge >= 0.3 is 0 Å². The van der Waals surface area contributed by atoms with Crippen LogP contribution in [0.1, 0.15) is 42.0 Å². The van der Waals surface area contributed by atoms with Crippen molar-refractivity contribution in [2.75, 3.05) is 23.0 Å². The number of amides is 3. The van der Waals surface area contributed by atoms with E-state index in [2.05, 4.69) is 0 Å². The van der Waals surface area contributed by atoms with Crippen molar-refractivity contribution < 1.29 is 28.3 Å². The summed E-state index contributed by atoms with van der Waals surface area (Å²) in [7, 11) is -3.47. The summed E-state index contributed by atoms with van der Waals surface area (Å²) < 4.78 is 23.1. The minimum Gasteiger partial charge on any atom is -0.394 e. The molecule has 1 N–H and O–H groups in total. The lowest BCUT2D eigenvalue weighted by atomic mass is 9.82. The number of carbonyl (C=O) groups is 3. The monoisotopic (exact) mass is 641 g/mol. The maximum absolute atomic E-state index is 16.3. The highest BCUT2D eigenvalue weighted by Crippen LogP contribution is 2.60. The largest absolute Gasteiger partial charge is 0.394 e. The van der Waals surface area contributed by atoms with Gasteiger partial charge in [-0.1, -0.05) is 61.5 Å². The number of nitrogens with zero attached hydrogens (tertiary/aromatic N) is 3. The molecule has 240 valence electrons. The third-order valence-electron chi connectivity index (χ3n) is 10.5. The molecule has 0 unspecified atom stereocenters. The van der Waals surface area contributed by atoms with Gasteiger partial charge in [0.05, 0.1) is 37.4 Å². The second-order valence-electron chi connectivity index (χ2n) is 13.7. The van der Waals surface area contributed by atoms with Gasteiger partial charge in [0.15, 0.2) is 5.60 Å². The first-order chi connectivity index (χ1) is 22.0. The van der Waals surface area contributed by atoms with Gasteiger partial charge in [0.25, 0.3) is 5.91 Å². The van der Waals surface area contributed by atoms with Crippen LogP contribution >= 0.6 is 0 Å². The zero-order valence-electron chi connectivity index (χ0n) is 26.5.